The van der Waals surface area contributed by atoms with Gasteiger partial charge < -0.3 is 4.48 Å². The van der Waals surface area contributed by atoms with Crippen LogP contribution in [0.2, 0.25) is 0 Å². The molecule has 0 aliphatic heterocycles. The third-order valence-electron chi connectivity index (χ3n) is 3.68. The van der Waals surface area contributed by atoms with Crippen LogP contribution in [0.25, 0.3) is 0 Å². The molecule has 1 rings (SSSR count). The van der Waals surface area contributed by atoms with E-state index in [4.69, 9.17) is 0 Å². The summed E-state index contributed by atoms with van der Waals surface area (Å²) in [5.41, 5.74) is 1.33. The summed E-state index contributed by atoms with van der Waals surface area (Å²) in [6, 6.07) is 6.91. The quantitative estimate of drug-likeness (QED) is 0.433. The maximum atomic E-state index is 10.6. The molecule has 0 saturated carbocycles. The lowest BCUT2D eigenvalue weighted by Crippen LogP contribution is -2.46. The second kappa shape index (κ2) is 5.77. The van der Waals surface area contributed by atoms with E-state index in [1.807, 2.05) is 12.1 Å². The number of rotatable bonds is 6. The fraction of sp³-hybridized carbons (Fsp3) is 0.538. The van der Waals surface area contributed by atoms with Crippen LogP contribution in [-0.2, 0) is 6.54 Å². The predicted octanol–water partition coefficient (Wildman–Crippen LogP) is 2.97. The average molecular weight is 237 g/mol. The van der Waals surface area contributed by atoms with E-state index in [-0.39, 0.29) is 10.6 Å². The summed E-state index contributed by atoms with van der Waals surface area (Å²) >= 11 is 0. The standard InChI is InChI=1S/C13H21N2O2/c1-4-15(5-2,6-3)11-12-7-9-13(10-8-12)14(16)17/h7-10H,4-6,11H2,1-3H3/q+1. The van der Waals surface area contributed by atoms with Crippen LogP contribution >= 0.6 is 0 Å². The molecule has 4 nitrogen and oxygen atoms in total. The molecule has 0 aliphatic carbocycles. The lowest BCUT2D eigenvalue weighted by Gasteiger charge is -2.35. The number of hydrogen-bond donors (Lipinski definition) is 0. The second-order valence-electron chi connectivity index (χ2n) is 4.37. The van der Waals surface area contributed by atoms with Crippen LogP contribution in [0.5, 0.6) is 0 Å². The van der Waals surface area contributed by atoms with Crippen molar-refractivity contribution in [3.05, 3.63) is 39.9 Å². The largest absolute Gasteiger partial charge is 0.321 e. The molecule has 17 heavy (non-hydrogen) atoms. The molecule has 0 heterocycles. The SMILES string of the molecule is CC[N+](CC)(CC)Cc1ccc([N+](=O)[O-])cc1. The first-order chi connectivity index (χ1) is 8.06. The molecule has 0 unspecified atom stereocenters. The van der Waals surface area contributed by atoms with Gasteiger partial charge in [0.15, 0.2) is 0 Å². The van der Waals surface area contributed by atoms with E-state index in [0.717, 1.165) is 30.7 Å². The zero-order valence-corrected chi connectivity index (χ0v) is 10.8. The van der Waals surface area contributed by atoms with Crippen molar-refractivity contribution in [2.45, 2.75) is 27.3 Å². The molecule has 1 aromatic rings. The van der Waals surface area contributed by atoms with Crippen LogP contribution in [0.15, 0.2) is 24.3 Å². The highest BCUT2D eigenvalue weighted by Crippen LogP contribution is 2.17. The summed E-state index contributed by atoms with van der Waals surface area (Å²) in [4.78, 5) is 10.2. The first kappa shape index (κ1) is 13.6. The third kappa shape index (κ3) is 3.27. The Morgan fingerprint density at radius 3 is 1.88 bits per heavy atom. The van der Waals surface area contributed by atoms with Gasteiger partial charge in [-0.05, 0) is 32.9 Å². The lowest BCUT2D eigenvalue weighted by molar-refractivity contribution is -0.936. The van der Waals surface area contributed by atoms with Gasteiger partial charge >= 0.3 is 0 Å². The first-order valence-corrected chi connectivity index (χ1v) is 6.15. The fourth-order valence-corrected chi connectivity index (χ4v) is 2.12. The summed E-state index contributed by atoms with van der Waals surface area (Å²) in [5, 5.41) is 10.6. The van der Waals surface area contributed by atoms with Crippen molar-refractivity contribution in [1.29, 1.82) is 0 Å². The van der Waals surface area contributed by atoms with Gasteiger partial charge in [0, 0.05) is 17.7 Å². The number of quaternary nitrogens is 1. The van der Waals surface area contributed by atoms with Crippen LogP contribution in [0, 0.1) is 10.1 Å². The van der Waals surface area contributed by atoms with Crippen molar-refractivity contribution in [3.8, 4) is 0 Å². The Labute approximate surface area is 103 Å². The van der Waals surface area contributed by atoms with E-state index in [0.29, 0.717) is 0 Å². The number of nitrogens with zero attached hydrogens (tertiary/aromatic N) is 2. The zero-order chi connectivity index (χ0) is 12.9. The van der Waals surface area contributed by atoms with E-state index in [9.17, 15) is 10.1 Å². The van der Waals surface area contributed by atoms with Gasteiger partial charge in [0.2, 0.25) is 0 Å². The summed E-state index contributed by atoms with van der Waals surface area (Å²) in [6.07, 6.45) is 0. The van der Waals surface area contributed by atoms with E-state index < -0.39 is 0 Å². The van der Waals surface area contributed by atoms with Gasteiger partial charge in [-0.3, -0.25) is 10.1 Å². The Bertz CT molecular complexity index is 361. The molecule has 0 N–H and O–H groups in total. The highest BCUT2D eigenvalue weighted by Gasteiger charge is 2.21. The maximum absolute atomic E-state index is 10.6. The summed E-state index contributed by atoms with van der Waals surface area (Å²) in [5.74, 6) is 0. The minimum Gasteiger partial charge on any atom is -0.321 e. The zero-order valence-electron chi connectivity index (χ0n) is 10.8. The molecule has 0 fully saturated rings. The molecular weight excluding hydrogens is 216 g/mol. The topological polar surface area (TPSA) is 43.1 Å². The summed E-state index contributed by atoms with van der Waals surface area (Å²) < 4.78 is 1.03. The average Bonchev–Trinajstić information content (AvgIpc) is 2.37. The Morgan fingerprint density at radius 2 is 1.53 bits per heavy atom. The van der Waals surface area contributed by atoms with Gasteiger partial charge in [-0.25, -0.2) is 0 Å². The normalized spacial score (nSPS) is 11.5. The van der Waals surface area contributed by atoms with Crippen LogP contribution in [0.3, 0.4) is 0 Å². The number of non-ortho nitro benzene ring substituents is 1. The molecule has 0 spiro atoms. The van der Waals surface area contributed by atoms with Crippen LogP contribution < -0.4 is 0 Å². The smallest absolute Gasteiger partial charge is 0.269 e. The second-order valence-corrected chi connectivity index (χ2v) is 4.37. The molecular formula is C13H21N2O2+. The maximum Gasteiger partial charge on any atom is 0.269 e. The van der Waals surface area contributed by atoms with Crippen molar-refractivity contribution in [3.63, 3.8) is 0 Å². The van der Waals surface area contributed by atoms with E-state index in [1.165, 1.54) is 5.56 Å². The highest BCUT2D eigenvalue weighted by atomic mass is 16.6. The van der Waals surface area contributed by atoms with Gasteiger partial charge in [0.1, 0.15) is 6.54 Å². The molecule has 4 heteroatoms. The van der Waals surface area contributed by atoms with Crippen LogP contribution in [0.1, 0.15) is 26.3 Å². The molecule has 0 radical (unpaired) electrons. The monoisotopic (exact) mass is 237 g/mol. The molecule has 0 aromatic heterocycles. The molecule has 94 valence electrons. The Kier molecular flexibility index (Phi) is 4.63. The highest BCUT2D eigenvalue weighted by molar-refractivity contribution is 5.32. The van der Waals surface area contributed by atoms with E-state index in [1.54, 1.807) is 12.1 Å². The minimum absolute atomic E-state index is 0.163. The van der Waals surface area contributed by atoms with Crippen molar-refractivity contribution in [2.75, 3.05) is 19.6 Å². The third-order valence-corrected chi connectivity index (χ3v) is 3.68. The van der Waals surface area contributed by atoms with Crippen molar-refractivity contribution in [2.24, 2.45) is 0 Å². The lowest BCUT2D eigenvalue weighted by atomic mass is 10.1. The number of nitro groups is 1. The number of benzene rings is 1. The predicted molar refractivity (Wildman–Crippen MR) is 68.7 cm³/mol. The molecule has 1 aromatic carbocycles. The van der Waals surface area contributed by atoms with Gasteiger partial charge in [0.25, 0.3) is 5.69 Å². The van der Waals surface area contributed by atoms with Crippen LogP contribution in [0.4, 0.5) is 5.69 Å². The van der Waals surface area contributed by atoms with Crippen molar-refractivity contribution < 1.29 is 9.41 Å². The Balaban J connectivity index is 2.84. The van der Waals surface area contributed by atoms with Crippen LogP contribution in [-0.4, -0.2) is 29.0 Å². The number of hydrogen-bond acceptors (Lipinski definition) is 2. The van der Waals surface area contributed by atoms with Gasteiger partial charge in [-0.15, -0.1) is 0 Å². The van der Waals surface area contributed by atoms with E-state index >= 15 is 0 Å². The molecule has 0 aliphatic rings. The Hall–Kier alpha value is -1.42. The van der Waals surface area contributed by atoms with E-state index in [2.05, 4.69) is 20.8 Å². The first-order valence-electron chi connectivity index (χ1n) is 6.15. The summed E-state index contributed by atoms with van der Waals surface area (Å²) in [7, 11) is 0. The minimum atomic E-state index is -0.356. The van der Waals surface area contributed by atoms with Gasteiger partial charge in [-0.1, -0.05) is 0 Å². The molecule has 0 amide bonds. The molecule has 0 atom stereocenters. The van der Waals surface area contributed by atoms with Crippen molar-refractivity contribution >= 4 is 5.69 Å². The summed E-state index contributed by atoms with van der Waals surface area (Å²) in [6.45, 7) is 10.8. The molecule has 0 bridgehead atoms. The van der Waals surface area contributed by atoms with Gasteiger partial charge in [-0.2, -0.15) is 0 Å². The van der Waals surface area contributed by atoms with Crippen molar-refractivity contribution in [1.82, 2.24) is 0 Å². The fourth-order valence-electron chi connectivity index (χ4n) is 2.12. The van der Waals surface area contributed by atoms with Gasteiger partial charge in [0.05, 0.1) is 24.6 Å². The Morgan fingerprint density at radius 1 is 1.06 bits per heavy atom. The molecule has 0 saturated heterocycles. The number of nitro benzene ring substituents is 1.